The second kappa shape index (κ2) is 5.38. The fourth-order valence-electron chi connectivity index (χ4n) is 1.81. The minimum atomic E-state index is -0.249. The Labute approximate surface area is 119 Å². The summed E-state index contributed by atoms with van der Waals surface area (Å²) < 4.78 is 14.0. The van der Waals surface area contributed by atoms with E-state index in [0.717, 1.165) is 26.6 Å². The normalized spacial score (nSPS) is 11.8. The summed E-state index contributed by atoms with van der Waals surface area (Å²) >= 11 is 1.55. The highest BCUT2D eigenvalue weighted by molar-refractivity contribution is 7.22. The third-order valence-electron chi connectivity index (χ3n) is 2.88. The van der Waals surface area contributed by atoms with Crippen molar-refractivity contribution in [2.75, 3.05) is 5.43 Å². The molecule has 3 nitrogen and oxygen atoms in total. The molecule has 100 valence electrons. The molecule has 0 fully saturated rings. The first-order valence-electron chi connectivity index (χ1n) is 6.14. The van der Waals surface area contributed by atoms with Crippen LogP contribution in [0.1, 0.15) is 12.5 Å². The van der Waals surface area contributed by atoms with Gasteiger partial charge >= 0.3 is 0 Å². The molecule has 0 amide bonds. The topological polar surface area (TPSA) is 37.3 Å². The lowest BCUT2D eigenvalue weighted by molar-refractivity contribution is 0.628. The fourth-order valence-corrected chi connectivity index (χ4v) is 2.62. The van der Waals surface area contributed by atoms with Crippen LogP contribution < -0.4 is 5.43 Å². The average Bonchev–Trinajstić information content (AvgIpc) is 2.88. The lowest BCUT2D eigenvalue weighted by Gasteiger charge is -2.00. The monoisotopic (exact) mass is 285 g/mol. The molecule has 3 aromatic rings. The Kier molecular flexibility index (Phi) is 3.43. The van der Waals surface area contributed by atoms with Crippen molar-refractivity contribution in [1.29, 1.82) is 0 Å². The van der Waals surface area contributed by atoms with Crippen molar-refractivity contribution in [3.8, 4) is 0 Å². The van der Waals surface area contributed by atoms with Gasteiger partial charge in [-0.3, -0.25) is 5.43 Å². The van der Waals surface area contributed by atoms with Crippen molar-refractivity contribution in [3.63, 3.8) is 0 Å². The van der Waals surface area contributed by atoms with Crippen LogP contribution in [0.15, 0.2) is 53.6 Å². The number of hydrogen-bond acceptors (Lipinski definition) is 4. The summed E-state index contributed by atoms with van der Waals surface area (Å²) in [5.41, 5.74) is 5.56. The summed E-state index contributed by atoms with van der Waals surface area (Å²) in [5, 5.41) is 5.02. The smallest absolute Gasteiger partial charge is 0.204 e. The number of rotatable bonds is 3. The molecule has 5 heteroatoms. The van der Waals surface area contributed by atoms with Crippen LogP contribution in [0.2, 0.25) is 0 Å². The van der Waals surface area contributed by atoms with E-state index in [-0.39, 0.29) is 5.82 Å². The molecule has 1 aromatic heterocycles. The van der Waals surface area contributed by atoms with Crippen molar-refractivity contribution >= 4 is 32.4 Å². The highest BCUT2D eigenvalue weighted by Gasteiger charge is 2.02. The number of nitrogens with one attached hydrogen (secondary N) is 1. The number of aromatic nitrogens is 1. The predicted octanol–water partition coefficient (Wildman–Crippen LogP) is 4.27. The van der Waals surface area contributed by atoms with E-state index < -0.39 is 0 Å². The van der Waals surface area contributed by atoms with Gasteiger partial charge in [0.2, 0.25) is 5.13 Å². The summed E-state index contributed by atoms with van der Waals surface area (Å²) in [6.07, 6.45) is 0. The largest absolute Gasteiger partial charge is 0.252 e. The fraction of sp³-hybridized carbons (Fsp3) is 0.0667. The number of thiazole rings is 1. The standard InChI is InChI=1S/C15H12FN3S/c1-10(11-6-8-12(16)9-7-11)18-19-15-17-13-4-2-3-5-14(13)20-15/h2-9H,1H3,(H,17,19). The molecular weight excluding hydrogens is 273 g/mol. The molecule has 0 spiro atoms. The summed E-state index contributed by atoms with van der Waals surface area (Å²) in [6, 6.07) is 14.2. The van der Waals surface area contributed by atoms with E-state index in [0.29, 0.717) is 0 Å². The summed E-state index contributed by atoms with van der Waals surface area (Å²) in [4.78, 5) is 4.43. The van der Waals surface area contributed by atoms with Gasteiger partial charge in [-0.2, -0.15) is 5.10 Å². The van der Waals surface area contributed by atoms with Gasteiger partial charge in [-0.1, -0.05) is 35.6 Å². The zero-order chi connectivity index (χ0) is 13.9. The number of anilines is 1. The number of halogens is 1. The van der Waals surface area contributed by atoms with E-state index in [9.17, 15) is 4.39 Å². The minimum Gasteiger partial charge on any atom is -0.252 e. The number of para-hydroxylation sites is 1. The third kappa shape index (κ3) is 2.67. The lowest BCUT2D eigenvalue weighted by Crippen LogP contribution is -1.99. The van der Waals surface area contributed by atoms with Crippen LogP contribution in [0.25, 0.3) is 10.2 Å². The molecule has 1 heterocycles. The van der Waals surface area contributed by atoms with E-state index in [1.807, 2.05) is 31.2 Å². The SMILES string of the molecule is CC(=NNc1nc2ccccc2s1)c1ccc(F)cc1. The summed E-state index contributed by atoms with van der Waals surface area (Å²) in [5.74, 6) is -0.249. The van der Waals surface area contributed by atoms with E-state index in [1.54, 1.807) is 23.5 Å². The maximum atomic E-state index is 12.9. The molecule has 0 atom stereocenters. The van der Waals surface area contributed by atoms with Crippen LogP contribution in [0.5, 0.6) is 0 Å². The zero-order valence-electron chi connectivity index (χ0n) is 10.8. The second-order valence-electron chi connectivity index (χ2n) is 4.30. The van der Waals surface area contributed by atoms with Crippen molar-refractivity contribution in [1.82, 2.24) is 4.98 Å². The highest BCUT2D eigenvalue weighted by Crippen LogP contribution is 2.25. The second-order valence-corrected chi connectivity index (χ2v) is 5.33. The van der Waals surface area contributed by atoms with Gasteiger partial charge < -0.3 is 0 Å². The van der Waals surface area contributed by atoms with Crippen LogP contribution in [-0.4, -0.2) is 10.7 Å². The summed E-state index contributed by atoms with van der Waals surface area (Å²) in [7, 11) is 0. The highest BCUT2D eigenvalue weighted by atomic mass is 32.1. The molecule has 0 radical (unpaired) electrons. The predicted molar refractivity (Wildman–Crippen MR) is 81.9 cm³/mol. The molecule has 0 unspecified atom stereocenters. The number of hydrazone groups is 1. The number of benzene rings is 2. The molecule has 0 saturated heterocycles. The van der Waals surface area contributed by atoms with Crippen LogP contribution in [0.4, 0.5) is 9.52 Å². The van der Waals surface area contributed by atoms with E-state index in [2.05, 4.69) is 15.5 Å². The van der Waals surface area contributed by atoms with Crippen LogP contribution in [-0.2, 0) is 0 Å². The Hall–Kier alpha value is -2.27. The molecule has 20 heavy (non-hydrogen) atoms. The minimum absolute atomic E-state index is 0.249. The van der Waals surface area contributed by atoms with Gasteiger partial charge in [-0.05, 0) is 36.8 Å². The van der Waals surface area contributed by atoms with Gasteiger partial charge in [0.15, 0.2) is 0 Å². The molecule has 0 aliphatic heterocycles. The summed E-state index contributed by atoms with van der Waals surface area (Å²) in [6.45, 7) is 1.87. The quantitative estimate of drug-likeness (QED) is 0.576. The maximum absolute atomic E-state index is 12.9. The third-order valence-corrected chi connectivity index (χ3v) is 3.82. The number of hydrogen-bond donors (Lipinski definition) is 1. The number of nitrogens with zero attached hydrogens (tertiary/aromatic N) is 2. The Bertz CT molecular complexity index is 729. The Balaban J connectivity index is 1.80. The molecular formula is C15H12FN3S. The molecule has 3 rings (SSSR count). The Morgan fingerprint density at radius 3 is 2.65 bits per heavy atom. The molecule has 1 N–H and O–H groups in total. The first kappa shape index (κ1) is 12.7. The van der Waals surface area contributed by atoms with Crippen molar-refractivity contribution in [3.05, 3.63) is 59.9 Å². The molecule has 0 saturated carbocycles. The van der Waals surface area contributed by atoms with Crippen LogP contribution in [0, 0.1) is 5.82 Å². The van der Waals surface area contributed by atoms with Gasteiger partial charge in [0, 0.05) is 0 Å². The number of fused-ring (bicyclic) bond motifs is 1. The van der Waals surface area contributed by atoms with Gasteiger partial charge in [0.05, 0.1) is 15.9 Å². The molecule has 0 aliphatic carbocycles. The van der Waals surface area contributed by atoms with E-state index in [4.69, 9.17) is 0 Å². The van der Waals surface area contributed by atoms with E-state index >= 15 is 0 Å². The van der Waals surface area contributed by atoms with E-state index in [1.165, 1.54) is 12.1 Å². The maximum Gasteiger partial charge on any atom is 0.204 e. The average molecular weight is 285 g/mol. The molecule has 0 aliphatic rings. The van der Waals surface area contributed by atoms with Crippen molar-refractivity contribution in [2.45, 2.75) is 6.92 Å². The van der Waals surface area contributed by atoms with Gasteiger partial charge in [0.25, 0.3) is 0 Å². The molecule has 0 bridgehead atoms. The first-order chi connectivity index (χ1) is 9.72. The Morgan fingerprint density at radius 2 is 1.90 bits per heavy atom. The van der Waals surface area contributed by atoms with Gasteiger partial charge in [-0.15, -0.1) is 0 Å². The van der Waals surface area contributed by atoms with Gasteiger partial charge in [-0.25, -0.2) is 9.37 Å². The van der Waals surface area contributed by atoms with Crippen LogP contribution in [0.3, 0.4) is 0 Å². The van der Waals surface area contributed by atoms with Crippen LogP contribution >= 0.6 is 11.3 Å². The lowest BCUT2D eigenvalue weighted by atomic mass is 10.1. The van der Waals surface area contributed by atoms with Crippen molar-refractivity contribution < 1.29 is 4.39 Å². The van der Waals surface area contributed by atoms with Gasteiger partial charge in [0.1, 0.15) is 5.82 Å². The Morgan fingerprint density at radius 1 is 1.15 bits per heavy atom. The molecule has 2 aromatic carbocycles. The zero-order valence-corrected chi connectivity index (χ0v) is 11.6. The van der Waals surface area contributed by atoms with Crippen molar-refractivity contribution in [2.24, 2.45) is 5.10 Å². The first-order valence-corrected chi connectivity index (χ1v) is 6.96.